The molecule has 0 saturated carbocycles. The number of allylic oxidation sites excluding steroid dienone is 7. The Morgan fingerprint density at radius 3 is 2.54 bits per heavy atom. The molecule has 0 fully saturated rings. The van der Waals surface area contributed by atoms with Crippen molar-refractivity contribution in [2.45, 2.75) is 85.8 Å². The van der Waals surface area contributed by atoms with Gasteiger partial charge >= 0.3 is 6.09 Å². The van der Waals surface area contributed by atoms with E-state index in [2.05, 4.69) is 45.2 Å². The van der Waals surface area contributed by atoms with Crippen molar-refractivity contribution in [2.75, 3.05) is 16.3 Å². The van der Waals surface area contributed by atoms with E-state index in [0.29, 0.717) is 17.9 Å². The number of ether oxygens (including phenoxy) is 1. The number of rotatable bonds is 7. The lowest BCUT2D eigenvalue weighted by atomic mass is 9.96. The molecule has 2 amide bonds. The Balaban J connectivity index is 1.96. The van der Waals surface area contributed by atoms with Gasteiger partial charge in [0.15, 0.2) is 0 Å². The van der Waals surface area contributed by atoms with Gasteiger partial charge in [0.1, 0.15) is 6.10 Å². The molecule has 0 radical (unpaired) electrons. The van der Waals surface area contributed by atoms with E-state index in [1.165, 1.54) is 5.57 Å². The standard InChI is InChI=1S/C32H42N2O3/c1-9-11-28(21(2)3)18-23(5)29-16-17-30-31(19-29)33(20-24(6)34(30)26(8)35)32(36)37-25(7)27-13-10-12-22(4)14-15-27/h14-19,24-25H,2,5,9-13,20H2,1,3-4,6-8H3/b28-18-. The highest BCUT2D eigenvalue weighted by Crippen LogP contribution is 2.39. The smallest absolute Gasteiger partial charge is 0.415 e. The number of carbonyl (C=O) groups excluding carboxylic acids is 2. The maximum atomic E-state index is 13.5. The SMILES string of the molecule is C=C(C)/C(=C\C(=C)c1ccc2c(c1)N(C(=O)OC(C)C1=CC=C(C)CCC1)CC(C)N2C(C)=O)CCC. The van der Waals surface area contributed by atoms with Crippen molar-refractivity contribution in [2.24, 2.45) is 0 Å². The van der Waals surface area contributed by atoms with Crippen LogP contribution in [0.1, 0.15) is 79.2 Å². The van der Waals surface area contributed by atoms with Gasteiger partial charge in [-0.2, -0.15) is 0 Å². The average Bonchev–Trinajstić information content (AvgIpc) is 3.06. The molecule has 37 heavy (non-hydrogen) atoms. The van der Waals surface area contributed by atoms with Gasteiger partial charge in [-0.15, -0.1) is 0 Å². The second-order valence-corrected chi connectivity index (χ2v) is 10.4. The van der Waals surface area contributed by atoms with Gasteiger partial charge in [-0.3, -0.25) is 9.69 Å². The maximum Gasteiger partial charge on any atom is 0.415 e. The highest BCUT2D eigenvalue weighted by atomic mass is 16.6. The minimum absolute atomic E-state index is 0.0557. The first-order valence-corrected chi connectivity index (χ1v) is 13.4. The molecule has 0 saturated heterocycles. The van der Waals surface area contributed by atoms with E-state index in [0.717, 1.165) is 60.0 Å². The Bertz CT molecular complexity index is 1170. The second kappa shape index (κ2) is 12.3. The number of fused-ring (bicyclic) bond motifs is 1. The van der Waals surface area contributed by atoms with Crippen LogP contribution in [-0.4, -0.2) is 30.7 Å². The van der Waals surface area contributed by atoms with Crippen LogP contribution < -0.4 is 9.80 Å². The molecule has 0 bridgehead atoms. The van der Waals surface area contributed by atoms with Crippen molar-refractivity contribution < 1.29 is 14.3 Å². The first-order chi connectivity index (χ1) is 17.5. The molecule has 1 aromatic rings. The van der Waals surface area contributed by atoms with Crippen LogP contribution in [0.25, 0.3) is 5.57 Å². The van der Waals surface area contributed by atoms with Gasteiger partial charge < -0.3 is 9.64 Å². The van der Waals surface area contributed by atoms with Gasteiger partial charge in [-0.1, -0.05) is 61.9 Å². The third kappa shape index (κ3) is 6.71. The van der Waals surface area contributed by atoms with Gasteiger partial charge in [-0.05, 0) is 87.8 Å². The van der Waals surface area contributed by atoms with Crippen LogP contribution >= 0.6 is 0 Å². The summed E-state index contributed by atoms with van der Waals surface area (Å²) in [4.78, 5) is 29.5. The van der Waals surface area contributed by atoms with Gasteiger partial charge in [0.2, 0.25) is 5.91 Å². The molecule has 198 valence electrons. The fourth-order valence-electron chi connectivity index (χ4n) is 5.07. The molecule has 5 nitrogen and oxygen atoms in total. The van der Waals surface area contributed by atoms with Gasteiger partial charge in [-0.25, -0.2) is 4.79 Å². The van der Waals surface area contributed by atoms with Crippen LogP contribution in [0, 0.1) is 0 Å². The van der Waals surface area contributed by atoms with Gasteiger partial charge in [0.05, 0.1) is 17.4 Å². The van der Waals surface area contributed by atoms with Crippen molar-refractivity contribution in [3.8, 4) is 0 Å². The van der Waals surface area contributed by atoms with Crippen LogP contribution in [0.4, 0.5) is 16.2 Å². The van der Waals surface area contributed by atoms with Crippen LogP contribution in [0.2, 0.25) is 0 Å². The number of hydrogen-bond acceptors (Lipinski definition) is 3. The summed E-state index contributed by atoms with van der Waals surface area (Å²) in [5.74, 6) is -0.0557. The summed E-state index contributed by atoms with van der Waals surface area (Å²) in [5.41, 5.74) is 7.75. The number of benzene rings is 1. The molecule has 1 heterocycles. The zero-order chi connectivity index (χ0) is 27.3. The van der Waals surface area contributed by atoms with Crippen molar-refractivity contribution in [3.63, 3.8) is 0 Å². The third-order valence-electron chi connectivity index (χ3n) is 7.18. The Hall–Kier alpha value is -3.34. The van der Waals surface area contributed by atoms with E-state index in [1.54, 1.807) is 16.7 Å². The number of nitrogens with zero attached hydrogens (tertiary/aromatic N) is 2. The molecule has 0 N–H and O–H groups in total. The van der Waals surface area contributed by atoms with Crippen LogP contribution in [0.5, 0.6) is 0 Å². The summed E-state index contributed by atoms with van der Waals surface area (Å²) in [7, 11) is 0. The third-order valence-corrected chi connectivity index (χ3v) is 7.18. The van der Waals surface area contributed by atoms with Crippen LogP contribution in [0.15, 0.2) is 71.9 Å². The van der Waals surface area contributed by atoms with E-state index in [4.69, 9.17) is 4.74 Å². The first-order valence-electron chi connectivity index (χ1n) is 13.4. The minimum Gasteiger partial charge on any atom is -0.442 e. The van der Waals surface area contributed by atoms with Crippen molar-refractivity contribution in [1.82, 2.24) is 0 Å². The fourth-order valence-corrected chi connectivity index (χ4v) is 5.07. The summed E-state index contributed by atoms with van der Waals surface area (Å²) < 4.78 is 5.99. The van der Waals surface area contributed by atoms with Gasteiger partial charge in [0.25, 0.3) is 0 Å². The lowest BCUT2D eigenvalue weighted by molar-refractivity contribution is -0.117. The summed E-state index contributed by atoms with van der Waals surface area (Å²) in [6, 6.07) is 5.64. The summed E-state index contributed by atoms with van der Waals surface area (Å²) >= 11 is 0. The molecule has 0 aromatic heterocycles. The topological polar surface area (TPSA) is 49.9 Å². The molecule has 2 aliphatic rings. The Morgan fingerprint density at radius 2 is 1.89 bits per heavy atom. The zero-order valence-corrected chi connectivity index (χ0v) is 23.4. The highest BCUT2D eigenvalue weighted by Gasteiger charge is 2.35. The largest absolute Gasteiger partial charge is 0.442 e. The van der Waals surface area contributed by atoms with E-state index in [-0.39, 0.29) is 18.1 Å². The average molecular weight is 503 g/mol. The lowest BCUT2D eigenvalue weighted by Gasteiger charge is -2.40. The predicted molar refractivity (Wildman–Crippen MR) is 155 cm³/mol. The number of amides is 2. The second-order valence-electron chi connectivity index (χ2n) is 10.4. The Kier molecular flexibility index (Phi) is 9.36. The summed E-state index contributed by atoms with van der Waals surface area (Å²) in [6.45, 7) is 20.5. The molecular weight excluding hydrogens is 460 g/mol. The predicted octanol–water partition coefficient (Wildman–Crippen LogP) is 8.15. The van der Waals surface area contributed by atoms with Gasteiger partial charge in [0, 0.05) is 13.5 Å². The lowest BCUT2D eigenvalue weighted by Crippen LogP contribution is -2.52. The molecule has 2 atom stereocenters. The Morgan fingerprint density at radius 1 is 1.16 bits per heavy atom. The number of anilines is 2. The quantitative estimate of drug-likeness (QED) is 0.354. The van der Waals surface area contributed by atoms with Crippen LogP contribution in [-0.2, 0) is 9.53 Å². The molecule has 1 aliphatic heterocycles. The summed E-state index contributed by atoms with van der Waals surface area (Å²) in [5, 5.41) is 0. The number of carbonyl (C=O) groups is 2. The molecule has 3 rings (SSSR count). The maximum absolute atomic E-state index is 13.5. The molecule has 1 aliphatic carbocycles. The minimum atomic E-state index is -0.401. The van der Waals surface area contributed by atoms with E-state index in [1.807, 2.05) is 39.0 Å². The zero-order valence-electron chi connectivity index (χ0n) is 23.4. The van der Waals surface area contributed by atoms with E-state index >= 15 is 0 Å². The van der Waals surface area contributed by atoms with Crippen molar-refractivity contribution >= 4 is 28.9 Å². The normalized spacial score (nSPS) is 18.8. The van der Waals surface area contributed by atoms with Crippen molar-refractivity contribution in [1.29, 1.82) is 0 Å². The van der Waals surface area contributed by atoms with E-state index < -0.39 is 6.09 Å². The van der Waals surface area contributed by atoms with Crippen molar-refractivity contribution in [3.05, 3.63) is 77.4 Å². The molecule has 2 unspecified atom stereocenters. The molecule has 5 heteroatoms. The number of hydrogen-bond donors (Lipinski definition) is 0. The Labute approximate surface area is 222 Å². The molecule has 0 spiro atoms. The van der Waals surface area contributed by atoms with Crippen LogP contribution in [0.3, 0.4) is 0 Å². The molecule has 1 aromatic carbocycles. The monoisotopic (exact) mass is 502 g/mol. The fraction of sp³-hybridized carbons (Fsp3) is 0.438. The molecular formula is C32H42N2O3. The summed E-state index contributed by atoms with van der Waals surface area (Å²) in [6.07, 6.45) is 10.5. The highest BCUT2D eigenvalue weighted by molar-refractivity contribution is 6.03. The van der Waals surface area contributed by atoms with E-state index in [9.17, 15) is 9.59 Å². The first kappa shape index (κ1) is 28.2.